The summed E-state index contributed by atoms with van der Waals surface area (Å²) in [7, 11) is 0. The van der Waals surface area contributed by atoms with E-state index in [1.807, 2.05) is 12.1 Å². The van der Waals surface area contributed by atoms with E-state index in [0.29, 0.717) is 32.5 Å². The van der Waals surface area contributed by atoms with Gasteiger partial charge in [0.05, 0.1) is 30.8 Å². The summed E-state index contributed by atoms with van der Waals surface area (Å²) in [4.78, 5) is 2.23. The first kappa shape index (κ1) is 16.2. The monoisotopic (exact) mass is 300 g/mol. The van der Waals surface area contributed by atoms with E-state index in [1.54, 1.807) is 6.20 Å². The quantitative estimate of drug-likeness (QED) is 0.803. The average molecular weight is 300 g/mol. The van der Waals surface area contributed by atoms with Gasteiger partial charge in [0, 0.05) is 38.8 Å². The third-order valence-corrected chi connectivity index (χ3v) is 3.57. The first-order chi connectivity index (χ1) is 10.8. The average Bonchev–Trinajstić information content (AvgIpc) is 2.58. The Morgan fingerprint density at radius 2 is 2.41 bits per heavy atom. The summed E-state index contributed by atoms with van der Waals surface area (Å²) < 4.78 is 5.74. The number of nitrogens with zero attached hydrogens (tertiary/aromatic N) is 5. The smallest absolute Gasteiger partial charge is 0.148 e. The third kappa shape index (κ3) is 5.28. The zero-order chi connectivity index (χ0) is 15.6. The van der Waals surface area contributed by atoms with E-state index in [4.69, 9.17) is 15.3 Å². The molecule has 0 amide bonds. The molecule has 7 nitrogen and oxygen atoms in total. The maximum atomic E-state index is 9.16. The molecule has 1 fully saturated rings. The highest BCUT2D eigenvalue weighted by Gasteiger charge is 2.22. The zero-order valence-electron chi connectivity index (χ0n) is 12.5. The molecular weight excluding hydrogens is 280 g/mol. The Labute approximate surface area is 130 Å². The molecule has 0 spiro atoms. The fourth-order valence-electron chi connectivity index (χ4n) is 2.43. The van der Waals surface area contributed by atoms with E-state index in [1.165, 1.54) is 0 Å². The number of hydrogen-bond acceptors (Lipinski definition) is 7. The van der Waals surface area contributed by atoms with Crippen LogP contribution in [0.3, 0.4) is 0 Å². The molecule has 0 aromatic carbocycles. The van der Waals surface area contributed by atoms with E-state index >= 15 is 0 Å². The molecule has 0 bridgehead atoms. The lowest BCUT2D eigenvalue weighted by molar-refractivity contribution is -0.0240. The van der Waals surface area contributed by atoms with Crippen molar-refractivity contribution in [1.29, 1.82) is 10.5 Å². The van der Waals surface area contributed by atoms with Crippen LogP contribution in [0.5, 0.6) is 0 Å². The van der Waals surface area contributed by atoms with Gasteiger partial charge < -0.3 is 10.1 Å². The molecular formula is C15H20N6O. The Morgan fingerprint density at radius 3 is 3.14 bits per heavy atom. The van der Waals surface area contributed by atoms with Gasteiger partial charge in [-0.15, -0.1) is 5.10 Å². The van der Waals surface area contributed by atoms with Gasteiger partial charge >= 0.3 is 0 Å². The maximum absolute atomic E-state index is 9.16. The fourth-order valence-corrected chi connectivity index (χ4v) is 2.43. The van der Waals surface area contributed by atoms with Gasteiger partial charge in [0.2, 0.25) is 0 Å². The number of rotatable bonds is 7. The normalized spacial score (nSPS) is 19.8. The van der Waals surface area contributed by atoms with E-state index < -0.39 is 0 Å². The second-order valence-electron chi connectivity index (χ2n) is 5.26. The standard InChI is InChI=1S/C15H20N6O/c16-5-1-3-13(9-17)11-21-7-8-22-14(12-21)10-18-15-4-2-6-19-20-15/h2,4,6,13-14H,1,3,7-8,10-12H2,(H,18,20)/t13-,14-/m1/s1. The van der Waals surface area contributed by atoms with Crippen LogP contribution in [-0.4, -0.2) is 54.0 Å². The van der Waals surface area contributed by atoms with E-state index in [-0.39, 0.29) is 12.0 Å². The summed E-state index contributed by atoms with van der Waals surface area (Å²) >= 11 is 0. The lowest BCUT2D eigenvalue weighted by atomic mass is 10.0. The number of nitrogens with one attached hydrogen (secondary N) is 1. The van der Waals surface area contributed by atoms with Crippen molar-refractivity contribution < 1.29 is 4.74 Å². The number of ether oxygens (including phenoxy) is 1. The van der Waals surface area contributed by atoms with Gasteiger partial charge in [-0.2, -0.15) is 15.6 Å². The summed E-state index contributed by atoms with van der Waals surface area (Å²) in [5.41, 5.74) is 0. The lowest BCUT2D eigenvalue weighted by Crippen LogP contribution is -2.46. The molecule has 0 unspecified atom stereocenters. The molecule has 22 heavy (non-hydrogen) atoms. The van der Waals surface area contributed by atoms with Crippen LogP contribution in [0.4, 0.5) is 5.82 Å². The highest BCUT2D eigenvalue weighted by Crippen LogP contribution is 2.12. The van der Waals surface area contributed by atoms with Gasteiger partial charge in [0.1, 0.15) is 5.82 Å². The Balaban J connectivity index is 1.76. The maximum Gasteiger partial charge on any atom is 0.148 e. The van der Waals surface area contributed by atoms with Crippen LogP contribution in [0.15, 0.2) is 18.3 Å². The SMILES string of the molecule is N#CCC[C@H](C#N)CN1CCO[C@H](CNc2cccnn2)C1. The predicted octanol–water partition coefficient (Wildman–Crippen LogP) is 1.03. The molecule has 0 aliphatic carbocycles. The first-order valence-electron chi connectivity index (χ1n) is 7.44. The van der Waals surface area contributed by atoms with Crippen molar-refractivity contribution in [3.8, 4) is 12.1 Å². The second-order valence-corrected chi connectivity index (χ2v) is 5.26. The number of anilines is 1. The van der Waals surface area contributed by atoms with Gasteiger partial charge in [0.15, 0.2) is 0 Å². The molecule has 1 aromatic heterocycles. The molecule has 7 heteroatoms. The van der Waals surface area contributed by atoms with Crippen molar-refractivity contribution in [2.75, 3.05) is 38.1 Å². The molecule has 2 heterocycles. The van der Waals surface area contributed by atoms with Gasteiger partial charge in [-0.05, 0) is 18.6 Å². The van der Waals surface area contributed by atoms with Gasteiger partial charge in [0.25, 0.3) is 0 Å². The molecule has 1 N–H and O–H groups in total. The molecule has 0 saturated carbocycles. The topological polar surface area (TPSA) is 97.9 Å². The Morgan fingerprint density at radius 1 is 1.50 bits per heavy atom. The Hall–Kier alpha value is -2.22. The van der Waals surface area contributed by atoms with E-state index in [9.17, 15) is 0 Å². The molecule has 1 aromatic rings. The Kier molecular flexibility index (Phi) is 6.56. The molecule has 1 aliphatic rings. The van der Waals surface area contributed by atoms with Crippen molar-refractivity contribution in [1.82, 2.24) is 15.1 Å². The molecule has 116 valence electrons. The summed E-state index contributed by atoms with van der Waals surface area (Å²) in [6.07, 6.45) is 2.76. The van der Waals surface area contributed by atoms with Crippen molar-refractivity contribution >= 4 is 5.82 Å². The molecule has 0 radical (unpaired) electrons. The van der Waals surface area contributed by atoms with Crippen molar-refractivity contribution in [3.05, 3.63) is 18.3 Å². The van der Waals surface area contributed by atoms with Gasteiger partial charge in [-0.1, -0.05) is 0 Å². The minimum atomic E-state index is -0.0913. The van der Waals surface area contributed by atoms with Gasteiger partial charge in [-0.25, -0.2) is 0 Å². The fraction of sp³-hybridized carbons (Fsp3) is 0.600. The van der Waals surface area contributed by atoms with Crippen LogP contribution < -0.4 is 5.32 Å². The summed E-state index contributed by atoms with van der Waals surface area (Å²) in [5, 5.41) is 28.8. The predicted molar refractivity (Wildman–Crippen MR) is 80.7 cm³/mol. The van der Waals surface area contributed by atoms with E-state index in [2.05, 4.69) is 32.6 Å². The molecule has 2 atom stereocenters. The number of hydrogen-bond donors (Lipinski definition) is 1. The minimum Gasteiger partial charge on any atom is -0.374 e. The highest BCUT2D eigenvalue weighted by atomic mass is 16.5. The van der Waals surface area contributed by atoms with E-state index in [0.717, 1.165) is 18.9 Å². The third-order valence-electron chi connectivity index (χ3n) is 3.57. The molecule has 1 saturated heterocycles. The van der Waals surface area contributed by atoms with Gasteiger partial charge in [-0.3, -0.25) is 4.90 Å². The number of aromatic nitrogens is 2. The van der Waals surface area contributed by atoms with Crippen LogP contribution in [-0.2, 0) is 4.74 Å². The highest BCUT2D eigenvalue weighted by molar-refractivity contribution is 5.31. The zero-order valence-corrected chi connectivity index (χ0v) is 12.5. The first-order valence-corrected chi connectivity index (χ1v) is 7.44. The number of morpholine rings is 1. The van der Waals surface area contributed by atoms with Crippen LogP contribution in [0.2, 0.25) is 0 Å². The minimum absolute atomic E-state index is 0.0612. The van der Waals surface area contributed by atoms with Crippen LogP contribution in [0.25, 0.3) is 0 Å². The summed E-state index contributed by atoms with van der Waals surface area (Å²) in [6.45, 7) is 3.61. The van der Waals surface area contributed by atoms with Crippen LogP contribution in [0, 0.1) is 28.6 Å². The van der Waals surface area contributed by atoms with Crippen LogP contribution in [0.1, 0.15) is 12.8 Å². The van der Waals surface area contributed by atoms with Crippen molar-refractivity contribution in [2.45, 2.75) is 18.9 Å². The summed E-state index contributed by atoms with van der Waals surface area (Å²) in [6, 6.07) is 8.08. The largest absolute Gasteiger partial charge is 0.374 e. The molecule has 1 aliphatic heterocycles. The second kappa shape index (κ2) is 8.93. The van der Waals surface area contributed by atoms with Crippen molar-refractivity contribution in [3.63, 3.8) is 0 Å². The lowest BCUT2D eigenvalue weighted by Gasteiger charge is -2.33. The Bertz CT molecular complexity index is 523. The summed E-state index contributed by atoms with van der Waals surface area (Å²) in [5.74, 6) is 0.637. The number of nitriles is 2. The van der Waals surface area contributed by atoms with Crippen LogP contribution >= 0.6 is 0 Å². The molecule has 2 rings (SSSR count). The van der Waals surface area contributed by atoms with Crippen molar-refractivity contribution in [2.24, 2.45) is 5.92 Å².